The quantitative estimate of drug-likeness (QED) is 0.563. The molecular formula is C13H13B2NS2. The molecule has 1 aliphatic heterocycles. The highest BCUT2D eigenvalue weighted by Crippen LogP contribution is 2.48. The minimum atomic E-state index is 1.30. The van der Waals surface area contributed by atoms with Gasteiger partial charge in [0.2, 0.25) is 0 Å². The van der Waals surface area contributed by atoms with E-state index in [9.17, 15) is 0 Å². The highest BCUT2D eigenvalue weighted by molar-refractivity contribution is 8.02. The van der Waals surface area contributed by atoms with Gasteiger partial charge < -0.3 is 0 Å². The van der Waals surface area contributed by atoms with Crippen molar-refractivity contribution in [3.8, 4) is 0 Å². The van der Waals surface area contributed by atoms with E-state index in [1.165, 1.54) is 32.1 Å². The SMILES string of the molecule is Bc1cc(B)c2c(c1)Sc1ccccc1N2SC. The molecule has 5 heteroatoms. The van der Waals surface area contributed by atoms with Gasteiger partial charge in [-0.3, -0.25) is 4.31 Å². The second kappa shape index (κ2) is 4.63. The molecule has 0 saturated carbocycles. The lowest BCUT2D eigenvalue weighted by atomic mass is 9.86. The average Bonchev–Trinajstić information content (AvgIpc) is 2.35. The van der Waals surface area contributed by atoms with E-state index in [1.54, 1.807) is 11.9 Å². The number of para-hydroxylation sites is 1. The van der Waals surface area contributed by atoms with Crippen molar-refractivity contribution in [1.29, 1.82) is 0 Å². The Morgan fingerprint density at radius 3 is 2.67 bits per heavy atom. The first-order valence-electron chi connectivity index (χ1n) is 5.93. The van der Waals surface area contributed by atoms with Crippen LogP contribution in [0.4, 0.5) is 11.4 Å². The predicted octanol–water partition coefficient (Wildman–Crippen LogP) is 1.08. The van der Waals surface area contributed by atoms with Crippen molar-refractivity contribution >= 4 is 61.7 Å². The molecule has 18 heavy (non-hydrogen) atoms. The molecule has 0 bridgehead atoms. The van der Waals surface area contributed by atoms with E-state index in [-0.39, 0.29) is 0 Å². The van der Waals surface area contributed by atoms with E-state index in [0.29, 0.717) is 0 Å². The number of anilines is 2. The van der Waals surface area contributed by atoms with Crippen molar-refractivity contribution in [1.82, 2.24) is 0 Å². The first-order chi connectivity index (χ1) is 8.70. The van der Waals surface area contributed by atoms with E-state index < -0.39 is 0 Å². The van der Waals surface area contributed by atoms with Crippen molar-refractivity contribution in [2.45, 2.75) is 9.79 Å². The van der Waals surface area contributed by atoms with Gasteiger partial charge in [-0.1, -0.05) is 47.0 Å². The zero-order valence-corrected chi connectivity index (χ0v) is 12.4. The fraction of sp³-hybridized carbons (Fsp3) is 0.0769. The molecule has 2 aromatic carbocycles. The maximum Gasteiger partial charge on any atom is 0.142 e. The van der Waals surface area contributed by atoms with Gasteiger partial charge in [-0.05, 0) is 24.1 Å². The minimum Gasteiger partial charge on any atom is -0.283 e. The van der Waals surface area contributed by atoms with Crippen LogP contribution < -0.4 is 15.2 Å². The molecular weight excluding hydrogens is 256 g/mol. The van der Waals surface area contributed by atoms with E-state index >= 15 is 0 Å². The molecule has 3 rings (SSSR count). The smallest absolute Gasteiger partial charge is 0.142 e. The van der Waals surface area contributed by atoms with Gasteiger partial charge in [0, 0.05) is 16.0 Å². The molecule has 1 aliphatic rings. The Kier molecular flexibility index (Phi) is 3.12. The van der Waals surface area contributed by atoms with Gasteiger partial charge in [0.05, 0.1) is 11.4 Å². The molecule has 0 N–H and O–H groups in total. The van der Waals surface area contributed by atoms with Crippen molar-refractivity contribution in [2.24, 2.45) is 0 Å². The van der Waals surface area contributed by atoms with Crippen LogP contribution in [-0.2, 0) is 0 Å². The van der Waals surface area contributed by atoms with Gasteiger partial charge in [-0.2, -0.15) is 0 Å². The summed E-state index contributed by atoms with van der Waals surface area (Å²) >= 11 is 3.65. The van der Waals surface area contributed by atoms with E-state index in [1.807, 2.05) is 11.8 Å². The summed E-state index contributed by atoms with van der Waals surface area (Å²) in [5.41, 5.74) is 5.33. The molecule has 0 fully saturated rings. The Balaban J connectivity index is 2.24. The zero-order chi connectivity index (χ0) is 12.7. The number of hydrogen-bond acceptors (Lipinski definition) is 3. The van der Waals surface area contributed by atoms with Gasteiger partial charge in [0.25, 0.3) is 0 Å². The van der Waals surface area contributed by atoms with Crippen LogP contribution in [0.5, 0.6) is 0 Å². The fourth-order valence-electron chi connectivity index (χ4n) is 2.40. The van der Waals surface area contributed by atoms with Gasteiger partial charge in [-0.15, -0.1) is 0 Å². The Bertz CT molecular complexity index is 616. The average molecular weight is 269 g/mol. The van der Waals surface area contributed by atoms with Gasteiger partial charge in [0.1, 0.15) is 15.7 Å². The summed E-state index contributed by atoms with van der Waals surface area (Å²) in [5.74, 6) is 0. The third kappa shape index (κ3) is 1.86. The Morgan fingerprint density at radius 2 is 1.89 bits per heavy atom. The van der Waals surface area contributed by atoms with E-state index in [4.69, 9.17) is 0 Å². The molecule has 0 aromatic heterocycles. The number of rotatable bonds is 1. The molecule has 2 aromatic rings. The molecule has 0 spiro atoms. The van der Waals surface area contributed by atoms with Crippen LogP contribution in [-0.4, -0.2) is 21.9 Å². The van der Waals surface area contributed by atoms with Crippen molar-refractivity contribution in [2.75, 3.05) is 10.6 Å². The Morgan fingerprint density at radius 1 is 1.11 bits per heavy atom. The maximum atomic E-state index is 2.34. The fourth-order valence-corrected chi connectivity index (χ4v) is 4.54. The third-order valence-corrected chi connectivity index (χ3v) is 4.94. The molecule has 0 saturated heterocycles. The zero-order valence-electron chi connectivity index (χ0n) is 10.7. The van der Waals surface area contributed by atoms with Crippen LogP contribution in [0.3, 0.4) is 0 Å². The highest BCUT2D eigenvalue weighted by atomic mass is 32.2. The lowest BCUT2D eigenvalue weighted by molar-refractivity contribution is 1.26. The third-order valence-electron chi connectivity index (χ3n) is 3.10. The van der Waals surface area contributed by atoms with Crippen LogP contribution >= 0.6 is 23.7 Å². The molecule has 0 radical (unpaired) electrons. The lowest BCUT2D eigenvalue weighted by Gasteiger charge is -2.32. The summed E-state index contributed by atoms with van der Waals surface area (Å²) in [5, 5.41) is 0. The van der Waals surface area contributed by atoms with Crippen molar-refractivity contribution in [3.63, 3.8) is 0 Å². The first-order valence-corrected chi connectivity index (χ1v) is 7.93. The Hall–Kier alpha value is -0.930. The van der Waals surface area contributed by atoms with Crippen LogP contribution in [0.15, 0.2) is 46.2 Å². The molecule has 0 amide bonds. The number of benzene rings is 2. The maximum absolute atomic E-state index is 2.34. The summed E-state index contributed by atoms with van der Waals surface area (Å²) in [4.78, 5) is 2.70. The molecule has 88 valence electrons. The van der Waals surface area contributed by atoms with Crippen molar-refractivity contribution < 1.29 is 0 Å². The molecule has 0 unspecified atom stereocenters. The number of hydrogen-bond donors (Lipinski definition) is 0. The largest absolute Gasteiger partial charge is 0.283 e. The number of fused-ring (bicyclic) bond motifs is 2. The standard InChI is InChI=1S/C13H13B2NS2/c1-17-16-10-4-2-3-5-11(10)18-12-7-8(14)6-9(15)13(12)16/h2-7H,14-15H2,1H3. The number of nitrogens with zero attached hydrogens (tertiary/aromatic N) is 1. The van der Waals surface area contributed by atoms with E-state index in [0.717, 1.165) is 0 Å². The topological polar surface area (TPSA) is 3.24 Å². The van der Waals surface area contributed by atoms with Crippen LogP contribution in [0.1, 0.15) is 0 Å². The van der Waals surface area contributed by atoms with Gasteiger partial charge >= 0.3 is 0 Å². The van der Waals surface area contributed by atoms with Crippen LogP contribution in [0.2, 0.25) is 0 Å². The first kappa shape index (κ1) is 12.1. The summed E-state index contributed by atoms with van der Waals surface area (Å²) in [6, 6.07) is 13.2. The van der Waals surface area contributed by atoms with Gasteiger partial charge in [0.15, 0.2) is 0 Å². The molecule has 1 heterocycles. The van der Waals surface area contributed by atoms with Crippen LogP contribution in [0, 0.1) is 0 Å². The summed E-state index contributed by atoms with van der Waals surface area (Å²) in [7, 11) is 4.36. The summed E-state index contributed by atoms with van der Waals surface area (Å²) in [6.45, 7) is 0. The second-order valence-electron chi connectivity index (χ2n) is 4.48. The van der Waals surface area contributed by atoms with Gasteiger partial charge in [-0.25, -0.2) is 0 Å². The second-order valence-corrected chi connectivity index (χ2v) is 6.29. The Labute approximate surface area is 118 Å². The lowest BCUT2D eigenvalue weighted by Crippen LogP contribution is -2.24. The monoisotopic (exact) mass is 269 g/mol. The summed E-state index contributed by atoms with van der Waals surface area (Å²) < 4.78 is 2.34. The summed E-state index contributed by atoms with van der Waals surface area (Å²) in [6.07, 6.45) is 2.13. The molecule has 1 nitrogen and oxygen atoms in total. The van der Waals surface area contributed by atoms with E-state index in [2.05, 4.69) is 62.7 Å². The normalized spacial score (nSPS) is 13.1. The minimum absolute atomic E-state index is 1.30. The predicted molar refractivity (Wildman–Crippen MR) is 89.0 cm³/mol. The molecule has 0 atom stereocenters. The highest BCUT2D eigenvalue weighted by Gasteiger charge is 2.24. The van der Waals surface area contributed by atoms with Crippen LogP contribution in [0.25, 0.3) is 0 Å². The van der Waals surface area contributed by atoms with Crippen molar-refractivity contribution in [3.05, 3.63) is 36.4 Å². The molecule has 0 aliphatic carbocycles.